The van der Waals surface area contributed by atoms with E-state index in [1.807, 2.05) is 0 Å². The quantitative estimate of drug-likeness (QED) is 0.634. The summed E-state index contributed by atoms with van der Waals surface area (Å²) in [7, 11) is 1.41. The molecule has 0 saturated carbocycles. The van der Waals surface area contributed by atoms with Crippen molar-refractivity contribution in [2.45, 2.75) is 31.3 Å². The Hall–Kier alpha value is -2.84. The molecule has 0 spiro atoms. The molecule has 3 rings (SSSR count). The van der Waals surface area contributed by atoms with E-state index in [9.17, 15) is 18.4 Å². The maximum atomic E-state index is 13.9. The van der Waals surface area contributed by atoms with Crippen LogP contribution in [0, 0.1) is 11.6 Å². The van der Waals surface area contributed by atoms with Gasteiger partial charge in [-0.1, -0.05) is 18.2 Å². The molecule has 0 saturated heterocycles. The van der Waals surface area contributed by atoms with E-state index in [-0.39, 0.29) is 31.0 Å². The summed E-state index contributed by atoms with van der Waals surface area (Å²) in [5.74, 6) is -1.53. The maximum absolute atomic E-state index is 13.9. The average Bonchev–Trinajstić information content (AvgIpc) is 2.65. The minimum absolute atomic E-state index is 0.0258. The highest BCUT2D eigenvalue weighted by Crippen LogP contribution is 2.23. The van der Waals surface area contributed by atoms with Gasteiger partial charge in [-0.05, 0) is 41.8 Å². The minimum atomic E-state index is -0.807. The Morgan fingerprint density at radius 1 is 1.29 bits per heavy atom. The van der Waals surface area contributed by atoms with E-state index in [4.69, 9.17) is 4.84 Å². The number of carbonyl (C=O) groups is 2. The second kappa shape index (κ2) is 8.90. The van der Waals surface area contributed by atoms with E-state index in [1.54, 1.807) is 18.2 Å². The molecule has 6 nitrogen and oxygen atoms in total. The summed E-state index contributed by atoms with van der Waals surface area (Å²) < 4.78 is 27.3. The van der Waals surface area contributed by atoms with Gasteiger partial charge < -0.3 is 15.5 Å². The summed E-state index contributed by atoms with van der Waals surface area (Å²) in [6.45, 7) is 0. The lowest BCUT2D eigenvalue weighted by atomic mass is 9.98. The Balaban J connectivity index is 1.63. The number of nitrogens with one attached hydrogen (secondary N) is 3. The normalized spacial score (nSPS) is 16.8. The Bertz CT molecular complexity index is 876. The third-order valence-electron chi connectivity index (χ3n) is 4.54. The Kier molecular flexibility index (Phi) is 6.33. The summed E-state index contributed by atoms with van der Waals surface area (Å²) in [6.07, 6.45) is 0.404. The molecule has 2 amide bonds. The van der Waals surface area contributed by atoms with Crippen LogP contribution in [0.1, 0.15) is 17.5 Å². The predicted molar refractivity (Wildman–Crippen MR) is 99.3 cm³/mol. The van der Waals surface area contributed by atoms with Gasteiger partial charge in [0.05, 0.1) is 7.11 Å². The van der Waals surface area contributed by atoms with Crippen molar-refractivity contribution in [1.82, 2.24) is 10.8 Å². The molecule has 0 radical (unpaired) electrons. The van der Waals surface area contributed by atoms with Crippen LogP contribution in [0.3, 0.4) is 0 Å². The van der Waals surface area contributed by atoms with Crippen molar-refractivity contribution >= 4 is 17.5 Å². The van der Waals surface area contributed by atoms with E-state index in [1.165, 1.54) is 31.4 Å². The number of rotatable bonds is 7. The topological polar surface area (TPSA) is 79.5 Å². The Morgan fingerprint density at radius 2 is 2.07 bits per heavy atom. The highest BCUT2D eigenvalue weighted by molar-refractivity contribution is 6.00. The Morgan fingerprint density at radius 3 is 2.82 bits per heavy atom. The van der Waals surface area contributed by atoms with Gasteiger partial charge in [0.15, 0.2) is 0 Å². The maximum Gasteiger partial charge on any atom is 0.247 e. The molecule has 8 heteroatoms. The molecule has 28 heavy (non-hydrogen) atoms. The molecule has 148 valence electrons. The van der Waals surface area contributed by atoms with Crippen LogP contribution in [0.15, 0.2) is 42.5 Å². The zero-order valence-corrected chi connectivity index (χ0v) is 15.3. The van der Waals surface area contributed by atoms with E-state index in [0.717, 1.165) is 0 Å². The lowest BCUT2D eigenvalue weighted by Gasteiger charge is -2.26. The summed E-state index contributed by atoms with van der Waals surface area (Å²) >= 11 is 0. The molecule has 0 bridgehead atoms. The van der Waals surface area contributed by atoms with Gasteiger partial charge >= 0.3 is 0 Å². The molecule has 2 aromatic carbocycles. The number of hydroxylamine groups is 1. The Labute approximate surface area is 161 Å². The van der Waals surface area contributed by atoms with Crippen molar-refractivity contribution in [2.24, 2.45) is 0 Å². The van der Waals surface area contributed by atoms with Gasteiger partial charge in [-0.15, -0.1) is 0 Å². The number of hydrogen-bond donors (Lipinski definition) is 3. The van der Waals surface area contributed by atoms with Crippen LogP contribution in [0.4, 0.5) is 14.5 Å². The summed E-state index contributed by atoms with van der Waals surface area (Å²) in [5.41, 5.74) is 4.28. The van der Waals surface area contributed by atoms with Gasteiger partial charge in [-0.25, -0.2) is 8.78 Å². The first-order chi connectivity index (χ1) is 13.5. The van der Waals surface area contributed by atoms with Gasteiger partial charge in [-0.3, -0.25) is 9.59 Å². The zero-order valence-electron chi connectivity index (χ0n) is 15.3. The molecule has 1 heterocycles. The van der Waals surface area contributed by atoms with Crippen LogP contribution in [0.2, 0.25) is 0 Å². The fourth-order valence-corrected chi connectivity index (χ4v) is 3.23. The average molecular weight is 389 g/mol. The number of benzene rings is 2. The van der Waals surface area contributed by atoms with Crippen LogP contribution in [-0.4, -0.2) is 31.0 Å². The van der Waals surface area contributed by atoms with E-state index in [2.05, 4.69) is 16.1 Å². The van der Waals surface area contributed by atoms with Crippen molar-refractivity contribution in [3.05, 3.63) is 65.2 Å². The van der Waals surface area contributed by atoms with E-state index < -0.39 is 23.8 Å². The monoisotopic (exact) mass is 389 g/mol. The summed E-state index contributed by atoms with van der Waals surface area (Å²) in [5, 5.41) is 5.31. The first-order valence-corrected chi connectivity index (χ1v) is 8.87. The van der Waals surface area contributed by atoms with Crippen LogP contribution < -0.4 is 16.1 Å². The van der Waals surface area contributed by atoms with E-state index in [0.29, 0.717) is 16.8 Å². The number of fused-ring (bicyclic) bond motifs is 1. The van der Waals surface area contributed by atoms with Crippen LogP contribution in [-0.2, 0) is 27.3 Å². The minimum Gasteiger partial charge on any atom is -0.344 e. The van der Waals surface area contributed by atoms with Gasteiger partial charge in [0, 0.05) is 24.6 Å². The smallest absolute Gasteiger partial charge is 0.247 e. The molecular formula is C20H21F2N3O3. The molecule has 2 atom stereocenters. The van der Waals surface area contributed by atoms with Crippen LogP contribution in [0.5, 0.6) is 0 Å². The second-order valence-corrected chi connectivity index (χ2v) is 6.63. The van der Waals surface area contributed by atoms with Gasteiger partial charge in [-0.2, -0.15) is 5.48 Å². The second-order valence-electron chi connectivity index (χ2n) is 6.63. The fraction of sp³-hybridized carbons (Fsp3) is 0.300. The van der Waals surface area contributed by atoms with Gasteiger partial charge in [0.2, 0.25) is 11.8 Å². The van der Waals surface area contributed by atoms with Gasteiger partial charge in [0.25, 0.3) is 0 Å². The SMILES string of the molecule is CONC(CC(=O)NC1Cc2cc(F)ccc2NC1=O)Cc1ccccc1F. The number of halogens is 2. The summed E-state index contributed by atoms with van der Waals surface area (Å²) in [4.78, 5) is 29.6. The predicted octanol–water partition coefficient (Wildman–Crippen LogP) is 2.10. The molecule has 0 aliphatic carbocycles. The number of amides is 2. The number of hydrogen-bond acceptors (Lipinski definition) is 4. The van der Waals surface area contributed by atoms with Crippen LogP contribution in [0.25, 0.3) is 0 Å². The third kappa shape index (κ3) is 4.90. The summed E-state index contributed by atoms with van der Waals surface area (Å²) in [6, 6.07) is 9.09. The van der Waals surface area contributed by atoms with Crippen molar-refractivity contribution in [1.29, 1.82) is 0 Å². The molecule has 3 N–H and O–H groups in total. The molecule has 0 fully saturated rings. The molecule has 0 aromatic heterocycles. The van der Waals surface area contributed by atoms with Crippen LogP contribution >= 0.6 is 0 Å². The van der Waals surface area contributed by atoms with Crippen molar-refractivity contribution in [3.8, 4) is 0 Å². The molecule has 2 aromatic rings. The molecule has 1 aliphatic heterocycles. The number of carbonyl (C=O) groups excluding carboxylic acids is 2. The van der Waals surface area contributed by atoms with Crippen molar-refractivity contribution in [3.63, 3.8) is 0 Å². The van der Waals surface area contributed by atoms with Crippen molar-refractivity contribution < 1.29 is 23.2 Å². The van der Waals surface area contributed by atoms with Gasteiger partial charge in [0.1, 0.15) is 17.7 Å². The number of anilines is 1. The first-order valence-electron chi connectivity index (χ1n) is 8.87. The lowest BCUT2D eigenvalue weighted by molar-refractivity contribution is -0.127. The fourth-order valence-electron chi connectivity index (χ4n) is 3.23. The van der Waals surface area contributed by atoms with E-state index >= 15 is 0 Å². The molecular weight excluding hydrogens is 368 g/mol. The largest absolute Gasteiger partial charge is 0.344 e. The highest BCUT2D eigenvalue weighted by atomic mass is 19.1. The highest BCUT2D eigenvalue weighted by Gasteiger charge is 2.28. The third-order valence-corrected chi connectivity index (χ3v) is 4.54. The standard InChI is InChI=1S/C20H21F2N3O3/c1-28-25-15(9-12-4-2-3-5-16(12)22)11-19(26)23-18-10-13-8-14(21)6-7-17(13)24-20(18)27/h2-8,15,18,25H,9-11H2,1H3,(H,23,26)(H,24,27). The molecule has 1 aliphatic rings. The van der Waals surface area contributed by atoms with Crippen molar-refractivity contribution in [2.75, 3.05) is 12.4 Å². The molecule has 2 unspecified atom stereocenters. The first kappa shape index (κ1) is 19.9. The zero-order chi connectivity index (χ0) is 20.1. The lowest BCUT2D eigenvalue weighted by Crippen LogP contribution is -2.49.